The van der Waals surface area contributed by atoms with Gasteiger partial charge >= 0.3 is 0 Å². The highest BCUT2D eigenvalue weighted by molar-refractivity contribution is 14.1. The first-order chi connectivity index (χ1) is 14.8. The zero-order chi connectivity index (χ0) is 22.5. The average Bonchev–Trinajstić information content (AvgIpc) is 3.01. The van der Waals surface area contributed by atoms with Gasteiger partial charge < -0.3 is 20.1 Å². The van der Waals surface area contributed by atoms with Crippen LogP contribution in [0.2, 0.25) is 5.02 Å². The molecule has 1 heterocycles. The average molecular weight is 589 g/mol. The van der Waals surface area contributed by atoms with Crippen LogP contribution in [-0.4, -0.2) is 29.3 Å². The van der Waals surface area contributed by atoms with Crippen LogP contribution < -0.4 is 20.1 Å². The molecule has 0 unspecified atom stereocenters. The number of halogens is 2. The third-order valence-corrected chi connectivity index (χ3v) is 6.29. The van der Waals surface area contributed by atoms with Crippen molar-refractivity contribution < 1.29 is 19.1 Å². The molecule has 1 aliphatic rings. The van der Waals surface area contributed by atoms with Crippen LogP contribution in [0, 0.1) is 10.5 Å². The van der Waals surface area contributed by atoms with Gasteiger partial charge in [0.2, 0.25) is 0 Å². The SMILES string of the molecule is CCOc1cc(/C=C2\SC(=S)NC2=O)cc(I)c1OCC(=O)Nc1cc(Cl)ccc1C. The van der Waals surface area contributed by atoms with Crippen LogP contribution in [0.3, 0.4) is 0 Å². The maximum Gasteiger partial charge on any atom is 0.263 e. The van der Waals surface area contributed by atoms with Crippen LogP contribution in [0.4, 0.5) is 5.69 Å². The largest absolute Gasteiger partial charge is 0.490 e. The monoisotopic (exact) mass is 588 g/mol. The van der Waals surface area contributed by atoms with Gasteiger partial charge in [-0.05, 0) is 77.9 Å². The Balaban J connectivity index is 1.76. The fraction of sp³-hybridized carbons (Fsp3) is 0.190. The second-order valence-corrected chi connectivity index (χ2v) is 9.73. The zero-order valence-electron chi connectivity index (χ0n) is 16.6. The highest BCUT2D eigenvalue weighted by Crippen LogP contribution is 2.36. The Kier molecular flexibility index (Phi) is 8.20. The number of hydrogen-bond donors (Lipinski definition) is 2. The van der Waals surface area contributed by atoms with Crippen molar-refractivity contribution >= 4 is 86.1 Å². The molecule has 31 heavy (non-hydrogen) atoms. The maximum atomic E-state index is 12.4. The Bertz CT molecular complexity index is 1090. The Labute approximate surface area is 208 Å². The zero-order valence-corrected chi connectivity index (χ0v) is 21.1. The molecule has 0 aromatic heterocycles. The number of ether oxygens (including phenoxy) is 2. The van der Waals surface area contributed by atoms with Crippen molar-refractivity contribution in [3.63, 3.8) is 0 Å². The van der Waals surface area contributed by atoms with Gasteiger partial charge in [-0.15, -0.1) is 0 Å². The van der Waals surface area contributed by atoms with E-state index >= 15 is 0 Å². The van der Waals surface area contributed by atoms with Gasteiger partial charge in [0.15, 0.2) is 18.1 Å². The Morgan fingerprint density at radius 2 is 2.10 bits per heavy atom. The van der Waals surface area contributed by atoms with Gasteiger partial charge in [-0.3, -0.25) is 9.59 Å². The molecule has 0 saturated carbocycles. The number of carbonyl (C=O) groups excluding carboxylic acids is 2. The van der Waals surface area contributed by atoms with Gasteiger partial charge in [0.05, 0.1) is 15.1 Å². The number of thioether (sulfide) groups is 1. The van der Waals surface area contributed by atoms with Crippen molar-refractivity contribution in [2.75, 3.05) is 18.5 Å². The molecule has 0 atom stereocenters. The van der Waals surface area contributed by atoms with E-state index in [1.165, 1.54) is 11.8 Å². The van der Waals surface area contributed by atoms with Crippen LogP contribution in [0.1, 0.15) is 18.1 Å². The number of anilines is 1. The number of benzene rings is 2. The summed E-state index contributed by atoms with van der Waals surface area (Å²) < 4.78 is 12.7. The summed E-state index contributed by atoms with van der Waals surface area (Å²) in [5.41, 5.74) is 2.29. The summed E-state index contributed by atoms with van der Waals surface area (Å²) in [6.07, 6.45) is 1.74. The van der Waals surface area contributed by atoms with Gasteiger partial charge in [0.1, 0.15) is 4.32 Å². The molecule has 0 radical (unpaired) electrons. The minimum atomic E-state index is -0.317. The lowest BCUT2D eigenvalue weighted by Crippen LogP contribution is -2.21. The predicted octanol–water partition coefficient (Wildman–Crippen LogP) is 5.16. The van der Waals surface area contributed by atoms with Crippen molar-refractivity contribution in [3.05, 3.63) is 55.0 Å². The van der Waals surface area contributed by atoms with E-state index in [1.807, 2.05) is 26.0 Å². The van der Waals surface area contributed by atoms with Crippen molar-refractivity contribution in [2.24, 2.45) is 0 Å². The summed E-state index contributed by atoms with van der Waals surface area (Å²) in [7, 11) is 0. The lowest BCUT2D eigenvalue weighted by atomic mass is 10.2. The summed E-state index contributed by atoms with van der Waals surface area (Å²) >= 11 is 14.3. The number of hydrogen-bond acceptors (Lipinski definition) is 6. The van der Waals surface area contributed by atoms with Crippen molar-refractivity contribution in [1.29, 1.82) is 0 Å². The van der Waals surface area contributed by atoms with Crippen LogP contribution in [-0.2, 0) is 9.59 Å². The minimum absolute atomic E-state index is 0.199. The Hall–Kier alpha value is -1.82. The number of amides is 2. The highest BCUT2D eigenvalue weighted by Gasteiger charge is 2.22. The van der Waals surface area contributed by atoms with Crippen molar-refractivity contribution in [1.82, 2.24) is 5.32 Å². The molecule has 2 N–H and O–H groups in total. The molecular weight excluding hydrogens is 571 g/mol. The van der Waals surface area contributed by atoms with E-state index in [0.717, 1.165) is 14.7 Å². The third kappa shape index (κ3) is 6.34. The molecule has 10 heteroatoms. The summed E-state index contributed by atoms with van der Waals surface area (Å²) in [5, 5.41) is 5.93. The van der Waals surface area contributed by atoms with Gasteiger partial charge in [-0.25, -0.2) is 0 Å². The van der Waals surface area contributed by atoms with Crippen molar-refractivity contribution in [3.8, 4) is 11.5 Å². The van der Waals surface area contributed by atoms with Crippen molar-refractivity contribution in [2.45, 2.75) is 13.8 Å². The number of nitrogens with one attached hydrogen (secondary N) is 2. The molecular formula is C21H18ClIN2O4S2. The highest BCUT2D eigenvalue weighted by atomic mass is 127. The fourth-order valence-corrected chi connectivity index (χ4v) is 4.70. The molecule has 2 aromatic carbocycles. The molecule has 3 rings (SSSR count). The maximum absolute atomic E-state index is 12.4. The molecule has 0 spiro atoms. The van der Waals surface area contributed by atoms with Gasteiger partial charge in [0, 0.05) is 10.7 Å². The first kappa shape index (κ1) is 23.8. The minimum Gasteiger partial charge on any atom is -0.490 e. The quantitative estimate of drug-likeness (QED) is 0.265. The number of thiocarbonyl (C=S) groups is 1. The smallest absolute Gasteiger partial charge is 0.263 e. The lowest BCUT2D eigenvalue weighted by Gasteiger charge is -2.15. The summed E-state index contributed by atoms with van der Waals surface area (Å²) in [6.45, 7) is 3.95. The fourth-order valence-electron chi connectivity index (χ4n) is 2.70. The number of carbonyl (C=O) groups is 2. The first-order valence-corrected chi connectivity index (χ1v) is 11.8. The normalized spacial score (nSPS) is 14.5. The van der Waals surface area contributed by atoms with E-state index in [2.05, 4.69) is 33.2 Å². The van der Waals surface area contributed by atoms with Crippen LogP contribution >= 0.6 is 58.2 Å². The lowest BCUT2D eigenvalue weighted by molar-refractivity contribution is -0.118. The topological polar surface area (TPSA) is 76.7 Å². The molecule has 2 aromatic rings. The molecule has 162 valence electrons. The number of rotatable bonds is 7. The molecule has 2 amide bonds. The van der Waals surface area contributed by atoms with Crippen LogP contribution in [0.15, 0.2) is 35.2 Å². The second kappa shape index (κ2) is 10.7. The number of aryl methyl sites for hydroxylation is 1. The molecule has 1 aliphatic heterocycles. The first-order valence-electron chi connectivity index (χ1n) is 9.16. The van der Waals surface area contributed by atoms with Crippen LogP contribution in [0.25, 0.3) is 6.08 Å². The molecule has 0 bridgehead atoms. The third-order valence-electron chi connectivity index (χ3n) is 4.09. The van der Waals surface area contributed by atoms with Gasteiger partial charge in [-0.1, -0.05) is 41.6 Å². The van der Waals surface area contributed by atoms with E-state index in [-0.39, 0.29) is 18.4 Å². The van der Waals surface area contributed by atoms with E-state index in [0.29, 0.717) is 38.0 Å². The predicted molar refractivity (Wildman–Crippen MR) is 137 cm³/mol. The molecule has 0 aliphatic carbocycles. The van der Waals surface area contributed by atoms with Gasteiger partial charge in [-0.2, -0.15) is 0 Å². The summed E-state index contributed by atoms with van der Waals surface area (Å²) in [5.74, 6) is 0.402. The van der Waals surface area contributed by atoms with E-state index in [4.69, 9.17) is 33.3 Å². The van der Waals surface area contributed by atoms with E-state index in [1.54, 1.807) is 24.3 Å². The van der Waals surface area contributed by atoms with E-state index < -0.39 is 0 Å². The molecule has 1 saturated heterocycles. The standard InChI is InChI=1S/C21H18ClIN2O4S2/c1-3-28-16-7-12(8-17-20(27)25-21(30)31-17)6-14(23)19(16)29-10-18(26)24-15-9-13(22)5-4-11(15)2/h4-9H,3,10H2,1-2H3,(H,24,26)(H,25,27,30)/b17-8-. The van der Waals surface area contributed by atoms with Crippen LogP contribution in [0.5, 0.6) is 11.5 Å². The Morgan fingerprint density at radius 1 is 1.32 bits per heavy atom. The van der Waals surface area contributed by atoms with E-state index in [9.17, 15) is 9.59 Å². The molecule has 6 nitrogen and oxygen atoms in total. The van der Waals surface area contributed by atoms with Gasteiger partial charge in [0.25, 0.3) is 11.8 Å². The summed E-state index contributed by atoms with van der Waals surface area (Å²) in [4.78, 5) is 24.8. The molecule has 1 fully saturated rings. The summed E-state index contributed by atoms with van der Waals surface area (Å²) in [6, 6.07) is 8.90. The Morgan fingerprint density at radius 3 is 2.77 bits per heavy atom. The second-order valence-electron chi connectivity index (χ2n) is 6.41.